The number of aromatic nitrogens is 2. The third-order valence-electron chi connectivity index (χ3n) is 7.16. The van der Waals surface area contributed by atoms with Crippen molar-refractivity contribution in [2.24, 2.45) is 5.73 Å². The second-order valence-corrected chi connectivity index (χ2v) is 10.2. The van der Waals surface area contributed by atoms with E-state index < -0.39 is 23.9 Å². The molecular formula is C31H31N5O5. The number of benzene rings is 1. The number of nitrogens with zero attached hydrogens (tertiary/aromatic N) is 3. The summed E-state index contributed by atoms with van der Waals surface area (Å²) in [6, 6.07) is 12.1. The first-order valence-corrected chi connectivity index (χ1v) is 13.4. The van der Waals surface area contributed by atoms with E-state index in [9.17, 15) is 19.2 Å². The summed E-state index contributed by atoms with van der Waals surface area (Å²) in [5.41, 5.74) is 10.9. The first-order valence-electron chi connectivity index (χ1n) is 13.4. The Morgan fingerprint density at radius 3 is 2.61 bits per heavy atom. The number of nitrogens with one attached hydrogen (secondary N) is 1. The Labute approximate surface area is 236 Å². The van der Waals surface area contributed by atoms with E-state index in [1.165, 1.54) is 29.5 Å². The van der Waals surface area contributed by atoms with Crippen molar-refractivity contribution < 1.29 is 19.1 Å². The number of nitrogens with two attached hydrogens (primary N) is 1. The van der Waals surface area contributed by atoms with Crippen LogP contribution >= 0.6 is 0 Å². The first kappa shape index (κ1) is 27.6. The molecule has 1 amide bonds. The van der Waals surface area contributed by atoms with Crippen LogP contribution in [-0.4, -0.2) is 38.3 Å². The predicted octanol–water partition coefficient (Wildman–Crippen LogP) is 3.46. The fraction of sp³-hybridized carbons (Fsp3) is 0.258. The van der Waals surface area contributed by atoms with Gasteiger partial charge in [0.25, 0.3) is 11.5 Å². The number of amides is 1. The van der Waals surface area contributed by atoms with Gasteiger partial charge in [-0.05, 0) is 56.3 Å². The molecule has 0 spiro atoms. The van der Waals surface area contributed by atoms with E-state index in [-0.39, 0.29) is 46.8 Å². The van der Waals surface area contributed by atoms with Gasteiger partial charge in [0.2, 0.25) is 0 Å². The molecule has 0 saturated carbocycles. The number of esters is 1. The highest BCUT2D eigenvalue weighted by Crippen LogP contribution is 2.44. The van der Waals surface area contributed by atoms with E-state index in [1.807, 2.05) is 24.3 Å². The number of rotatable bonds is 7. The van der Waals surface area contributed by atoms with Gasteiger partial charge in [0, 0.05) is 47.8 Å². The number of hydrogen-bond donors (Lipinski definition) is 2. The van der Waals surface area contributed by atoms with Gasteiger partial charge in [-0.2, -0.15) is 0 Å². The molecule has 0 fully saturated rings. The Morgan fingerprint density at radius 1 is 1.17 bits per heavy atom. The molecule has 3 N–H and O–H groups in total. The van der Waals surface area contributed by atoms with Gasteiger partial charge in [-0.25, -0.2) is 9.80 Å². The number of allylic oxidation sites excluding steroid dienone is 3. The zero-order chi connectivity index (χ0) is 29.3. The number of ether oxygens (including phenoxy) is 1. The minimum absolute atomic E-state index is 0.0831. The Hall–Kier alpha value is -4.99. The predicted molar refractivity (Wildman–Crippen MR) is 153 cm³/mol. The largest absolute Gasteiger partial charge is 0.459 e. The van der Waals surface area contributed by atoms with E-state index in [0.717, 1.165) is 5.39 Å². The maximum absolute atomic E-state index is 14.1. The summed E-state index contributed by atoms with van der Waals surface area (Å²) >= 11 is 0. The molecule has 41 heavy (non-hydrogen) atoms. The second-order valence-electron chi connectivity index (χ2n) is 10.2. The number of carbonyl (C=O) groups is 3. The molecule has 3 aromatic rings. The van der Waals surface area contributed by atoms with Gasteiger partial charge in [0.05, 0.1) is 23.1 Å². The highest BCUT2D eigenvalue weighted by Gasteiger charge is 2.44. The van der Waals surface area contributed by atoms with Crippen LogP contribution in [0.15, 0.2) is 95.0 Å². The summed E-state index contributed by atoms with van der Waals surface area (Å²) in [5.74, 6) is -2.72. The Balaban J connectivity index is 1.77. The van der Waals surface area contributed by atoms with Crippen molar-refractivity contribution in [3.63, 3.8) is 0 Å². The van der Waals surface area contributed by atoms with Crippen LogP contribution in [0.1, 0.15) is 54.9 Å². The smallest absolute Gasteiger partial charge is 0.338 e. The van der Waals surface area contributed by atoms with Crippen LogP contribution in [0.5, 0.6) is 0 Å². The van der Waals surface area contributed by atoms with Crippen molar-refractivity contribution in [2.75, 3.05) is 0 Å². The number of ketones is 1. The van der Waals surface area contributed by atoms with E-state index in [4.69, 9.17) is 10.5 Å². The van der Waals surface area contributed by atoms with Crippen LogP contribution in [0.4, 0.5) is 0 Å². The summed E-state index contributed by atoms with van der Waals surface area (Å²) in [6.45, 7) is 7.40. The topological polar surface area (TPSA) is 137 Å². The molecule has 3 heterocycles. The molecule has 1 aromatic carbocycles. The third-order valence-corrected chi connectivity index (χ3v) is 7.16. The van der Waals surface area contributed by atoms with E-state index in [2.05, 4.69) is 17.0 Å². The molecule has 5 rings (SSSR count). The summed E-state index contributed by atoms with van der Waals surface area (Å²) in [4.78, 5) is 58.6. The number of carbonyl (C=O) groups excluding carboxylic acids is 3. The third kappa shape index (κ3) is 5.04. The van der Waals surface area contributed by atoms with Gasteiger partial charge in [0.1, 0.15) is 5.82 Å². The lowest BCUT2D eigenvalue weighted by Crippen LogP contribution is -2.50. The molecule has 2 aromatic heterocycles. The number of Topliss-reactive ketones (excluding diaryl/α,β-unsaturated/α-hetero) is 1. The monoisotopic (exact) mass is 553 g/mol. The van der Waals surface area contributed by atoms with E-state index in [0.29, 0.717) is 29.6 Å². The molecule has 1 atom stereocenters. The molecule has 10 heteroatoms. The van der Waals surface area contributed by atoms with Crippen molar-refractivity contribution in [2.45, 2.75) is 51.7 Å². The van der Waals surface area contributed by atoms with Crippen molar-refractivity contribution >= 4 is 28.6 Å². The van der Waals surface area contributed by atoms with Gasteiger partial charge < -0.3 is 15.0 Å². The SMILES string of the molecule is C=CCn1c(=O)c(C2C(C(=O)OC(C)C)=C(N)N(NC(=O)c3ccncc3)C3=C2C(=O)CCC3)cc2ccccc21. The van der Waals surface area contributed by atoms with Crippen LogP contribution in [0.3, 0.4) is 0 Å². The van der Waals surface area contributed by atoms with Crippen LogP contribution in [0, 0.1) is 0 Å². The first-order chi connectivity index (χ1) is 19.7. The number of hydrazine groups is 1. The summed E-state index contributed by atoms with van der Waals surface area (Å²) in [5, 5.41) is 2.05. The number of fused-ring (bicyclic) bond motifs is 1. The standard InChI is InChI=1S/C31H31N5O5/c1-4-16-35-22-9-6-5-8-20(22)17-21(30(35)39)25-26-23(10-7-11-24(26)37)36(28(32)27(25)31(40)41-18(2)3)34-29(38)19-12-14-33-15-13-19/h4-6,8-9,12-15,17-18,25H,1,7,10-11,16,32H2,2-3H3,(H,34,38). The highest BCUT2D eigenvalue weighted by atomic mass is 16.5. The van der Waals surface area contributed by atoms with Crippen LogP contribution < -0.4 is 16.7 Å². The van der Waals surface area contributed by atoms with E-state index in [1.54, 1.807) is 30.6 Å². The molecule has 210 valence electrons. The lowest BCUT2D eigenvalue weighted by molar-refractivity contribution is -0.143. The van der Waals surface area contributed by atoms with Crippen molar-refractivity contribution in [3.8, 4) is 0 Å². The molecule has 0 radical (unpaired) electrons. The lowest BCUT2D eigenvalue weighted by Gasteiger charge is -2.40. The van der Waals surface area contributed by atoms with Crippen molar-refractivity contribution in [1.29, 1.82) is 0 Å². The Morgan fingerprint density at radius 2 is 1.90 bits per heavy atom. The van der Waals surface area contributed by atoms with Gasteiger partial charge in [-0.15, -0.1) is 6.58 Å². The average Bonchev–Trinajstić information content (AvgIpc) is 2.95. The number of hydrogen-bond acceptors (Lipinski definition) is 8. The summed E-state index contributed by atoms with van der Waals surface area (Å²) in [6.07, 6.45) is 5.21. The van der Waals surface area contributed by atoms with Gasteiger partial charge in [-0.3, -0.25) is 24.8 Å². The second kappa shape index (κ2) is 11.2. The lowest BCUT2D eigenvalue weighted by atomic mass is 9.75. The molecule has 1 aliphatic heterocycles. The Kier molecular flexibility index (Phi) is 7.56. The van der Waals surface area contributed by atoms with E-state index >= 15 is 0 Å². The van der Waals surface area contributed by atoms with Gasteiger partial charge in [0.15, 0.2) is 5.78 Å². The molecule has 0 saturated heterocycles. The quantitative estimate of drug-likeness (QED) is 0.335. The maximum Gasteiger partial charge on any atom is 0.338 e. The van der Waals surface area contributed by atoms with Crippen LogP contribution in [-0.2, 0) is 20.9 Å². The van der Waals surface area contributed by atoms with Crippen LogP contribution in [0.25, 0.3) is 10.9 Å². The summed E-state index contributed by atoms with van der Waals surface area (Å²) in [7, 11) is 0. The molecule has 0 bridgehead atoms. The number of pyridine rings is 2. The molecular weight excluding hydrogens is 522 g/mol. The molecule has 1 unspecified atom stereocenters. The van der Waals surface area contributed by atoms with Crippen molar-refractivity contribution in [3.05, 3.63) is 112 Å². The fourth-order valence-corrected chi connectivity index (χ4v) is 5.44. The molecule has 2 aliphatic rings. The van der Waals surface area contributed by atoms with Crippen molar-refractivity contribution in [1.82, 2.24) is 20.0 Å². The molecule has 1 aliphatic carbocycles. The normalized spacial score (nSPS) is 17.1. The molecule has 10 nitrogen and oxygen atoms in total. The van der Waals surface area contributed by atoms with Gasteiger partial charge >= 0.3 is 5.97 Å². The average molecular weight is 554 g/mol. The maximum atomic E-state index is 14.1. The highest BCUT2D eigenvalue weighted by molar-refractivity contribution is 6.04. The summed E-state index contributed by atoms with van der Waals surface area (Å²) < 4.78 is 7.15. The Bertz CT molecular complexity index is 1690. The number of para-hydroxylation sites is 1. The minimum atomic E-state index is -1.09. The van der Waals surface area contributed by atoms with Gasteiger partial charge in [-0.1, -0.05) is 24.3 Å². The fourth-order valence-electron chi connectivity index (χ4n) is 5.44. The zero-order valence-corrected chi connectivity index (χ0v) is 22.9. The minimum Gasteiger partial charge on any atom is -0.459 e. The zero-order valence-electron chi connectivity index (χ0n) is 22.9. The van der Waals surface area contributed by atoms with Crippen LogP contribution in [0.2, 0.25) is 0 Å².